The Bertz CT molecular complexity index is 953. The molecule has 146 valence electrons. The summed E-state index contributed by atoms with van der Waals surface area (Å²) in [5.41, 5.74) is 3.06. The molecule has 1 N–H and O–H groups in total. The van der Waals surface area contributed by atoms with Crippen LogP contribution < -0.4 is 5.56 Å². The second kappa shape index (κ2) is 7.59. The minimum atomic E-state index is -1.09. The van der Waals surface area contributed by atoms with Crippen molar-refractivity contribution in [3.05, 3.63) is 58.5 Å². The Kier molecular flexibility index (Phi) is 5.00. The number of carboxylic acid groups (broad SMARTS) is 1. The smallest absolute Gasteiger partial charge is 0.329 e. The van der Waals surface area contributed by atoms with Crippen LogP contribution in [-0.2, 0) is 20.9 Å². The van der Waals surface area contributed by atoms with Crippen LogP contribution >= 0.6 is 0 Å². The summed E-state index contributed by atoms with van der Waals surface area (Å²) in [6.45, 7) is 0.940. The standard InChI is InChI=1S/C21H22N2O5/c24-18-7-6-17(15-4-2-1-3-5-15)21-16-8-14(10-23(18)21)9-22(11-16)19(25)12-28-13-20(26)27/h1-7,14,16H,8-13H2,(H,26,27). The number of fused-ring (bicyclic) bond motifs is 4. The summed E-state index contributed by atoms with van der Waals surface area (Å²) in [5.74, 6) is -1.02. The molecule has 2 aliphatic rings. The number of hydrogen-bond acceptors (Lipinski definition) is 4. The van der Waals surface area contributed by atoms with Gasteiger partial charge in [0.05, 0.1) is 0 Å². The Labute approximate surface area is 162 Å². The largest absolute Gasteiger partial charge is 0.480 e. The zero-order chi connectivity index (χ0) is 19.7. The number of likely N-dealkylation sites (tertiary alicyclic amines) is 1. The molecule has 2 atom stereocenters. The summed E-state index contributed by atoms with van der Waals surface area (Å²) >= 11 is 0. The molecule has 2 aliphatic heterocycles. The molecule has 3 heterocycles. The van der Waals surface area contributed by atoms with Crippen LogP contribution in [-0.4, -0.2) is 52.8 Å². The summed E-state index contributed by atoms with van der Waals surface area (Å²) < 4.78 is 6.83. The average Bonchev–Trinajstić information content (AvgIpc) is 2.69. The fraction of sp³-hybridized carbons (Fsp3) is 0.381. The van der Waals surface area contributed by atoms with Crippen LogP contribution in [0.25, 0.3) is 11.1 Å². The summed E-state index contributed by atoms with van der Waals surface area (Å²) in [4.78, 5) is 37.3. The molecule has 1 amide bonds. The van der Waals surface area contributed by atoms with Crippen LogP contribution in [0.4, 0.5) is 0 Å². The lowest BCUT2D eigenvalue weighted by Crippen LogP contribution is -2.50. The van der Waals surface area contributed by atoms with E-state index >= 15 is 0 Å². The summed E-state index contributed by atoms with van der Waals surface area (Å²) in [6.07, 6.45) is 0.934. The van der Waals surface area contributed by atoms with Crippen molar-refractivity contribution < 1.29 is 19.4 Å². The van der Waals surface area contributed by atoms with Gasteiger partial charge in [-0.1, -0.05) is 30.3 Å². The van der Waals surface area contributed by atoms with Crippen molar-refractivity contribution in [2.24, 2.45) is 5.92 Å². The molecule has 2 unspecified atom stereocenters. The van der Waals surface area contributed by atoms with Crippen LogP contribution in [0, 0.1) is 5.92 Å². The Hall–Kier alpha value is -2.93. The van der Waals surface area contributed by atoms with Gasteiger partial charge in [0.15, 0.2) is 0 Å². The molecule has 1 fully saturated rings. The molecular weight excluding hydrogens is 360 g/mol. The van der Waals surface area contributed by atoms with E-state index in [-0.39, 0.29) is 29.9 Å². The van der Waals surface area contributed by atoms with Crippen LogP contribution in [0.15, 0.2) is 47.3 Å². The van der Waals surface area contributed by atoms with E-state index in [1.165, 1.54) is 0 Å². The predicted molar refractivity (Wildman–Crippen MR) is 102 cm³/mol. The highest BCUT2D eigenvalue weighted by Gasteiger charge is 2.37. The van der Waals surface area contributed by atoms with Gasteiger partial charge in [0.2, 0.25) is 5.91 Å². The van der Waals surface area contributed by atoms with Crippen molar-refractivity contribution in [2.75, 3.05) is 26.3 Å². The summed E-state index contributed by atoms with van der Waals surface area (Å²) in [6, 6.07) is 13.4. The molecular formula is C21H22N2O5. The number of rotatable bonds is 5. The van der Waals surface area contributed by atoms with E-state index in [0.29, 0.717) is 19.6 Å². The van der Waals surface area contributed by atoms with E-state index in [1.807, 2.05) is 41.0 Å². The van der Waals surface area contributed by atoms with Gasteiger partial charge in [0.25, 0.3) is 5.56 Å². The first-order valence-corrected chi connectivity index (χ1v) is 9.39. The van der Waals surface area contributed by atoms with Crippen LogP contribution in [0.5, 0.6) is 0 Å². The van der Waals surface area contributed by atoms with Crippen molar-refractivity contribution in [1.29, 1.82) is 0 Å². The minimum Gasteiger partial charge on any atom is -0.480 e. The first-order chi connectivity index (χ1) is 13.5. The monoisotopic (exact) mass is 382 g/mol. The number of carboxylic acids is 1. The van der Waals surface area contributed by atoms with Crippen molar-refractivity contribution in [1.82, 2.24) is 9.47 Å². The molecule has 7 heteroatoms. The maximum Gasteiger partial charge on any atom is 0.329 e. The van der Waals surface area contributed by atoms with Crippen molar-refractivity contribution in [3.63, 3.8) is 0 Å². The molecule has 1 aromatic carbocycles. The molecule has 2 bridgehead atoms. The zero-order valence-electron chi connectivity index (χ0n) is 15.4. The Morgan fingerprint density at radius 3 is 2.57 bits per heavy atom. The summed E-state index contributed by atoms with van der Waals surface area (Å²) in [7, 11) is 0. The fourth-order valence-corrected chi connectivity index (χ4v) is 4.40. The maximum atomic E-state index is 12.5. The normalized spacial score (nSPS) is 20.5. The van der Waals surface area contributed by atoms with E-state index in [0.717, 1.165) is 23.2 Å². The van der Waals surface area contributed by atoms with E-state index < -0.39 is 12.6 Å². The lowest BCUT2D eigenvalue weighted by atomic mass is 9.80. The van der Waals surface area contributed by atoms with Gasteiger partial charge >= 0.3 is 5.97 Å². The lowest BCUT2D eigenvalue weighted by molar-refractivity contribution is -0.146. The predicted octanol–water partition coefficient (Wildman–Crippen LogP) is 1.56. The Morgan fingerprint density at radius 2 is 1.82 bits per heavy atom. The molecule has 4 rings (SSSR count). The number of benzene rings is 1. The topological polar surface area (TPSA) is 88.8 Å². The van der Waals surface area contributed by atoms with Crippen LogP contribution in [0.1, 0.15) is 18.0 Å². The molecule has 1 aromatic heterocycles. The van der Waals surface area contributed by atoms with Gasteiger partial charge in [0, 0.05) is 42.9 Å². The van der Waals surface area contributed by atoms with Gasteiger partial charge in [-0.15, -0.1) is 0 Å². The minimum absolute atomic E-state index is 0.00560. The number of carbonyl (C=O) groups is 2. The van der Waals surface area contributed by atoms with Crippen molar-refractivity contribution in [3.8, 4) is 11.1 Å². The third kappa shape index (κ3) is 3.57. The van der Waals surface area contributed by atoms with Crippen molar-refractivity contribution >= 4 is 11.9 Å². The van der Waals surface area contributed by atoms with Gasteiger partial charge in [-0.25, -0.2) is 4.79 Å². The van der Waals surface area contributed by atoms with Gasteiger partial charge in [-0.2, -0.15) is 0 Å². The first-order valence-electron chi connectivity index (χ1n) is 9.39. The molecule has 1 saturated heterocycles. The van der Waals surface area contributed by atoms with Crippen LogP contribution in [0.2, 0.25) is 0 Å². The second-order valence-electron chi connectivity index (χ2n) is 7.43. The lowest BCUT2D eigenvalue weighted by Gasteiger charge is -2.43. The quantitative estimate of drug-likeness (QED) is 0.848. The van der Waals surface area contributed by atoms with Crippen molar-refractivity contribution in [2.45, 2.75) is 18.9 Å². The molecule has 0 radical (unpaired) electrons. The highest BCUT2D eigenvalue weighted by molar-refractivity contribution is 5.78. The first kappa shape index (κ1) is 18.4. The fourth-order valence-electron chi connectivity index (χ4n) is 4.40. The summed E-state index contributed by atoms with van der Waals surface area (Å²) in [5, 5.41) is 8.66. The Morgan fingerprint density at radius 1 is 1.04 bits per heavy atom. The number of carbonyl (C=O) groups excluding carboxylic acids is 1. The van der Waals surface area contributed by atoms with Gasteiger partial charge in [-0.3, -0.25) is 9.59 Å². The van der Waals surface area contributed by atoms with E-state index in [1.54, 1.807) is 11.0 Å². The molecule has 7 nitrogen and oxygen atoms in total. The SMILES string of the molecule is O=C(O)COCC(=O)N1CC2CC(C1)c1c(-c3ccccc3)ccc(=O)n1C2. The second-order valence-corrected chi connectivity index (χ2v) is 7.43. The number of piperidine rings is 1. The Balaban J connectivity index is 1.62. The average molecular weight is 382 g/mol. The number of aliphatic carboxylic acids is 1. The number of hydrogen-bond donors (Lipinski definition) is 1. The highest BCUT2D eigenvalue weighted by atomic mass is 16.5. The number of ether oxygens (including phenoxy) is 1. The maximum absolute atomic E-state index is 12.5. The molecule has 0 spiro atoms. The molecule has 28 heavy (non-hydrogen) atoms. The molecule has 0 aliphatic carbocycles. The zero-order valence-corrected chi connectivity index (χ0v) is 15.4. The number of pyridine rings is 1. The van der Waals surface area contributed by atoms with Gasteiger partial charge < -0.3 is 19.3 Å². The molecule has 2 aromatic rings. The number of aromatic nitrogens is 1. The van der Waals surface area contributed by atoms with Gasteiger partial charge in [-0.05, 0) is 24.0 Å². The van der Waals surface area contributed by atoms with Crippen LogP contribution in [0.3, 0.4) is 0 Å². The third-order valence-corrected chi connectivity index (χ3v) is 5.48. The van der Waals surface area contributed by atoms with E-state index in [2.05, 4.69) is 0 Å². The highest BCUT2D eigenvalue weighted by Crippen LogP contribution is 2.39. The van der Waals surface area contributed by atoms with E-state index in [9.17, 15) is 14.4 Å². The van der Waals surface area contributed by atoms with Gasteiger partial charge in [0.1, 0.15) is 13.2 Å². The molecule has 0 saturated carbocycles. The van der Waals surface area contributed by atoms with E-state index in [4.69, 9.17) is 9.84 Å². The number of amides is 1. The third-order valence-electron chi connectivity index (χ3n) is 5.48. The number of nitrogens with zero attached hydrogens (tertiary/aromatic N) is 2.